The quantitative estimate of drug-likeness (QED) is 0.512. The van der Waals surface area contributed by atoms with E-state index < -0.39 is 0 Å². The van der Waals surface area contributed by atoms with Crippen LogP contribution >= 0.6 is 0 Å². The highest BCUT2D eigenvalue weighted by Gasteiger charge is 2.14. The van der Waals surface area contributed by atoms with Crippen LogP contribution in [0, 0.1) is 23.7 Å². The molecule has 16 heavy (non-hydrogen) atoms. The average molecular weight is 224 g/mol. The van der Waals surface area contributed by atoms with E-state index in [2.05, 4.69) is 18.8 Å². The lowest BCUT2D eigenvalue weighted by molar-refractivity contribution is 0.0945. The lowest BCUT2D eigenvalue weighted by atomic mass is 9.95. The van der Waals surface area contributed by atoms with E-state index in [1.54, 1.807) is 0 Å². The summed E-state index contributed by atoms with van der Waals surface area (Å²) < 4.78 is 0. The SMILES string of the molecule is CCCCCCCC#C[C@@H](C)[C@H](O)C(C)C. The summed E-state index contributed by atoms with van der Waals surface area (Å²) in [5.41, 5.74) is 0. The Balaban J connectivity index is 3.60. The van der Waals surface area contributed by atoms with Gasteiger partial charge in [-0.25, -0.2) is 0 Å². The first-order chi connectivity index (χ1) is 7.59. The van der Waals surface area contributed by atoms with Gasteiger partial charge in [0.25, 0.3) is 0 Å². The third-order valence-electron chi connectivity index (χ3n) is 2.93. The van der Waals surface area contributed by atoms with Crippen LogP contribution in [0.5, 0.6) is 0 Å². The molecule has 0 aromatic carbocycles. The molecular formula is C15H28O. The van der Waals surface area contributed by atoms with Gasteiger partial charge in [-0.1, -0.05) is 52.4 Å². The van der Waals surface area contributed by atoms with Crippen molar-refractivity contribution in [2.45, 2.75) is 72.3 Å². The van der Waals surface area contributed by atoms with Crippen LogP contribution in [0.25, 0.3) is 0 Å². The molecule has 0 rings (SSSR count). The van der Waals surface area contributed by atoms with Crippen molar-refractivity contribution in [3.8, 4) is 11.8 Å². The molecule has 1 N–H and O–H groups in total. The Morgan fingerprint density at radius 1 is 1.00 bits per heavy atom. The number of rotatable bonds is 7. The maximum Gasteiger partial charge on any atom is 0.0697 e. The minimum absolute atomic E-state index is 0.107. The molecule has 1 heteroatoms. The lowest BCUT2D eigenvalue weighted by Gasteiger charge is -2.17. The molecule has 94 valence electrons. The van der Waals surface area contributed by atoms with E-state index in [-0.39, 0.29) is 12.0 Å². The highest BCUT2D eigenvalue weighted by molar-refractivity contribution is 5.04. The summed E-state index contributed by atoms with van der Waals surface area (Å²) in [5, 5.41) is 9.77. The van der Waals surface area contributed by atoms with Crippen molar-refractivity contribution >= 4 is 0 Å². The van der Waals surface area contributed by atoms with Crippen molar-refractivity contribution in [1.29, 1.82) is 0 Å². The van der Waals surface area contributed by atoms with Gasteiger partial charge in [0.05, 0.1) is 6.10 Å². The Labute approximate surface area is 102 Å². The van der Waals surface area contributed by atoms with Crippen molar-refractivity contribution in [2.24, 2.45) is 11.8 Å². The Morgan fingerprint density at radius 3 is 2.19 bits per heavy atom. The predicted octanol–water partition coefficient (Wildman–Crippen LogP) is 4.00. The number of aliphatic hydroxyl groups is 1. The minimum atomic E-state index is -0.285. The second-order valence-corrected chi connectivity index (χ2v) is 5.01. The smallest absolute Gasteiger partial charge is 0.0697 e. The standard InChI is InChI=1S/C15H28O/c1-5-6-7-8-9-10-11-12-14(4)15(16)13(2)3/h13-16H,5-10H2,1-4H3/t14-,15-/m1/s1. The molecule has 0 bridgehead atoms. The Bertz CT molecular complexity index is 209. The average Bonchev–Trinajstić information content (AvgIpc) is 2.26. The second kappa shape index (κ2) is 9.73. The molecule has 0 spiro atoms. The zero-order chi connectivity index (χ0) is 12.4. The first-order valence-corrected chi connectivity index (χ1v) is 6.76. The van der Waals surface area contributed by atoms with Crippen molar-refractivity contribution in [3.05, 3.63) is 0 Å². The van der Waals surface area contributed by atoms with Gasteiger partial charge in [0.2, 0.25) is 0 Å². The Hall–Kier alpha value is -0.480. The topological polar surface area (TPSA) is 20.2 Å². The molecule has 0 aliphatic carbocycles. The largest absolute Gasteiger partial charge is 0.392 e. The predicted molar refractivity (Wildman–Crippen MR) is 71.2 cm³/mol. The first-order valence-electron chi connectivity index (χ1n) is 6.76. The van der Waals surface area contributed by atoms with Crippen LogP contribution in [-0.4, -0.2) is 11.2 Å². The normalized spacial score (nSPS) is 14.4. The molecule has 2 atom stereocenters. The second-order valence-electron chi connectivity index (χ2n) is 5.01. The van der Waals surface area contributed by atoms with Crippen LogP contribution in [0.4, 0.5) is 0 Å². The van der Waals surface area contributed by atoms with Crippen LogP contribution < -0.4 is 0 Å². The summed E-state index contributed by atoms with van der Waals surface area (Å²) in [6.45, 7) is 8.31. The summed E-state index contributed by atoms with van der Waals surface area (Å²) in [4.78, 5) is 0. The summed E-state index contributed by atoms with van der Waals surface area (Å²) in [5.74, 6) is 6.75. The molecule has 0 radical (unpaired) electrons. The fraction of sp³-hybridized carbons (Fsp3) is 0.867. The van der Waals surface area contributed by atoms with Gasteiger partial charge in [0.15, 0.2) is 0 Å². The number of hydrogen-bond acceptors (Lipinski definition) is 1. The van der Waals surface area contributed by atoms with Crippen LogP contribution in [0.3, 0.4) is 0 Å². The molecule has 1 nitrogen and oxygen atoms in total. The first kappa shape index (κ1) is 15.5. The van der Waals surface area contributed by atoms with E-state index in [1.807, 2.05) is 20.8 Å². The van der Waals surface area contributed by atoms with E-state index in [0.29, 0.717) is 5.92 Å². The molecule has 0 amide bonds. The molecule has 0 aromatic rings. The van der Waals surface area contributed by atoms with Crippen molar-refractivity contribution in [1.82, 2.24) is 0 Å². The van der Waals surface area contributed by atoms with Gasteiger partial charge in [-0.05, 0) is 19.3 Å². The van der Waals surface area contributed by atoms with Gasteiger partial charge in [0.1, 0.15) is 0 Å². The van der Waals surface area contributed by atoms with E-state index in [0.717, 1.165) is 6.42 Å². The van der Waals surface area contributed by atoms with Gasteiger partial charge in [-0.3, -0.25) is 0 Å². The van der Waals surface area contributed by atoms with Gasteiger partial charge < -0.3 is 5.11 Å². The van der Waals surface area contributed by atoms with Gasteiger partial charge in [-0.15, -0.1) is 5.92 Å². The molecule has 0 fully saturated rings. The highest BCUT2D eigenvalue weighted by Crippen LogP contribution is 2.11. The van der Waals surface area contributed by atoms with Crippen LogP contribution in [-0.2, 0) is 0 Å². The lowest BCUT2D eigenvalue weighted by Crippen LogP contribution is -2.22. The minimum Gasteiger partial charge on any atom is -0.392 e. The van der Waals surface area contributed by atoms with Gasteiger partial charge in [0, 0.05) is 12.3 Å². The van der Waals surface area contributed by atoms with Crippen LogP contribution in [0.2, 0.25) is 0 Å². The van der Waals surface area contributed by atoms with Crippen LogP contribution in [0.15, 0.2) is 0 Å². The summed E-state index contributed by atoms with van der Waals surface area (Å²) >= 11 is 0. The molecule has 0 aliphatic heterocycles. The van der Waals surface area contributed by atoms with Crippen molar-refractivity contribution in [3.63, 3.8) is 0 Å². The number of unbranched alkanes of at least 4 members (excludes halogenated alkanes) is 5. The third-order valence-corrected chi connectivity index (χ3v) is 2.93. The summed E-state index contributed by atoms with van der Waals surface area (Å²) in [7, 11) is 0. The third kappa shape index (κ3) is 7.77. The number of hydrogen-bond donors (Lipinski definition) is 1. The molecule has 0 aromatic heterocycles. The Morgan fingerprint density at radius 2 is 1.62 bits per heavy atom. The van der Waals surface area contributed by atoms with E-state index in [4.69, 9.17) is 0 Å². The van der Waals surface area contributed by atoms with Crippen molar-refractivity contribution in [2.75, 3.05) is 0 Å². The highest BCUT2D eigenvalue weighted by atomic mass is 16.3. The number of aliphatic hydroxyl groups excluding tert-OH is 1. The Kier molecular flexibility index (Phi) is 9.43. The summed E-state index contributed by atoms with van der Waals surface area (Å²) in [6, 6.07) is 0. The molecular weight excluding hydrogens is 196 g/mol. The molecule has 0 saturated carbocycles. The van der Waals surface area contributed by atoms with E-state index >= 15 is 0 Å². The monoisotopic (exact) mass is 224 g/mol. The fourth-order valence-corrected chi connectivity index (χ4v) is 1.71. The van der Waals surface area contributed by atoms with E-state index in [9.17, 15) is 5.11 Å². The maximum atomic E-state index is 9.77. The van der Waals surface area contributed by atoms with Crippen molar-refractivity contribution < 1.29 is 5.11 Å². The van der Waals surface area contributed by atoms with E-state index in [1.165, 1.54) is 32.1 Å². The van der Waals surface area contributed by atoms with Gasteiger partial charge >= 0.3 is 0 Å². The van der Waals surface area contributed by atoms with Crippen LogP contribution in [0.1, 0.15) is 66.2 Å². The zero-order valence-corrected chi connectivity index (χ0v) is 11.4. The fourth-order valence-electron chi connectivity index (χ4n) is 1.71. The molecule has 0 aliphatic rings. The molecule has 0 saturated heterocycles. The maximum absolute atomic E-state index is 9.77. The summed E-state index contributed by atoms with van der Waals surface area (Å²) in [6.07, 6.45) is 7.18. The van der Waals surface area contributed by atoms with Gasteiger partial charge in [-0.2, -0.15) is 0 Å². The molecule has 0 heterocycles. The zero-order valence-electron chi connectivity index (χ0n) is 11.4. The molecule has 0 unspecified atom stereocenters.